The first-order valence-corrected chi connectivity index (χ1v) is 7.01. The van der Waals surface area contributed by atoms with Gasteiger partial charge in [-0.2, -0.15) is 5.26 Å². The van der Waals surface area contributed by atoms with E-state index in [2.05, 4.69) is 32.3 Å². The van der Waals surface area contributed by atoms with Crippen molar-refractivity contribution in [1.82, 2.24) is 4.98 Å². The van der Waals surface area contributed by atoms with Crippen molar-refractivity contribution < 1.29 is 0 Å². The summed E-state index contributed by atoms with van der Waals surface area (Å²) in [6.45, 7) is 0. The molecule has 0 fully saturated rings. The average molecular weight is 314 g/mol. The third-order valence-electron chi connectivity index (χ3n) is 3.26. The zero-order valence-corrected chi connectivity index (χ0v) is 11.9. The summed E-state index contributed by atoms with van der Waals surface area (Å²) in [5.41, 5.74) is 3.88. The molecule has 1 N–H and O–H groups in total. The molecule has 3 rings (SSSR count). The van der Waals surface area contributed by atoms with E-state index < -0.39 is 0 Å². The van der Waals surface area contributed by atoms with Crippen molar-refractivity contribution in [2.75, 3.05) is 5.32 Å². The van der Waals surface area contributed by atoms with Crippen LogP contribution in [0.2, 0.25) is 0 Å². The Bertz CT molecular complexity index is 674. The summed E-state index contributed by atoms with van der Waals surface area (Å²) in [5, 5.41) is 12.5. The molecule has 0 amide bonds. The maximum absolute atomic E-state index is 9.24. The van der Waals surface area contributed by atoms with Crippen LogP contribution in [0.15, 0.2) is 34.8 Å². The van der Waals surface area contributed by atoms with Gasteiger partial charge in [-0.1, -0.05) is 22.0 Å². The van der Waals surface area contributed by atoms with E-state index in [-0.39, 0.29) is 0 Å². The van der Waals surface area contributed by atoms with E-state index in [1.54, 1.807) is 0 Å². The van der Waals surface area contributed by atoms with Gasteiger partial charge in [0, 0.05) is 15.9 Å². The monoisotopic (exact) mass is 313 g/mol. The summed E-state index contributed by atoms with van der Waals surface area (Å²) in [6, 6.07) is 12.0. The number of fused-ring (bicyclic) bond motifs is 1. The van der Waals surface area contributed by atoms with Crippen LogP contribution in [0.1, 0.15) is 23.2 Å². The molecule has 0 saturated carbocycles. The number of nitrogens with one attached hydrogen (secondary N) is 1. The van der Waals surface area contributed by atoms with E-state index >= 15 is 0 Å². The predicted octanol–water partition coefficient (Wildman–Crippen LogP) is 3.95. The van der Waals surface area contributed by atoms with Crippen molar-refractivity contribution in [3.05, 3.63) is 51.6 Å². The van der Waals surface area contributed by atoms with Crippen molar-refractivity contribution in [1.29, 1.82) is 5.26 Å². The van der Waals surface area contributed by atoms with Gasteiger partial charge in [0.2, 0.25) is 0 Å². The third-order valence-corrected chi connectivity index (χ3v) is 3.75. The van der Waals surface area contributed by atoms with Gasteiger partial charge in [0.05, 0.1) is 5.56 Å². The van der Waals surface area contributed by atoms with E-state index in [1.807, 2.05) is 30.3 Å². The smallest absolute Gasteiger partial charge is 0.148 e. The highest BCUT2D eigenvalue weighted by Gasteiger charge is 2.16. The lowest BCUT2D eigenvalue weighted by Gasteiger charge is -2.10. The molecule has 4 heteroatoms. The Labute approximate surface area is 120 Å². The van der Waals surface area contributed by atoms with Gasteiger partial charge in [-0.25, -0.2) is 4.98 Å². The van der Waals surface area contributed by atoms with Gasteiger partial charge in [-0.15, -0.1) is 0 Å². The van der Waals surface area contributed by atoms with E-state index in [4.69, 9.17) is 0 Å². The largest absolute Gasteiger partial charge is 0.339 e. The highest BCUT2D eigenvalue weighted by molar-refractivity contribution is 9.10. The second-order valence-corrected chi connectivity index (χ2v) is 5.51. The second kappa shape index (κ2) is 5.02. The Morgan fingerprint density at radius 2 is 2.16 bits per heavy atom. The third kappa shape index (κ3) is 2.47. The van der Waals surface area contributed by atoms with E-state index in [0.717, 1.165) is 35.1 Å². The molecule has 0 radical (unpaired) electrons. The van der Waals surface area contributed by atoms with Crippen molar-refractivity contribution in [3.8, 4) is 6.07 Å². The Hall–Kier alpha value is -1.86. The maximum atomic E-state index is 9.24. The highest BCUT2D eigenvalue weighted by atomic mass is 79.9. The number of benzene rings is 1. The molecular weight excluding hydrogens is 302 g/mol. The molecule has 3 nitrogen and oxygen atoms in total. The summed E-state index contributed by atoms with van der Waals surface area (Å²) in [6.07, 6.45) is 3.18. The molecular formula is C15H12BrN3. The molecule has 1 aromatic heterocycles. The molecule has 1 heterocycles. The van der Waals surface area contributed by atoms with Crippen LogP contribution < -0.4 is 5.32 Å². The molecule has 0 spiro atoms. The number of rotatable bonds is 2. The van der Waals surface area contributed by atoms with E-state index in [1.165, 1.54) is 5.56 Å². The van der Waals surface area contributed by atoms with Gasteiger partial charge in [0.25, 0.3) is 0 Å². The summed E-state index contributed by atoms with van der Waals surface area (Å²) in [7, 11) is 0. The van der Waals surface area contributed by atoms with Crippen molar-refractivity contribution >= 4 is 27.4 Å². The fraction of sp³-hybridized carbons (Fsp3) is 0.200. The molecule has 2 aromatic rings. The SMILES string of the molecule is N#Cc1cc2c(nc1Nc1cccc(Br)c1)CCC2. The fourth-order valence-electron chi connectivity index (χ4n) is 2.36. The minimum atomic E-state index is 0.612. The highest BCUT2D eigenvalue weighted by Crippen LogP contribution is 2.27. The van der Waals surface area contributed by atoms with Gasteiger partial charge in [0.1, 0.15) is 11.9 Å². The van der Waals surface area contributed by atoms with Crippen molar-refractivity contribution in [2.45, 2.75) is 19.3 Å². The Morgan fingerprint density at radius 3 is 2.95 bits per heavy atom. The number of hydrogen-bond donors (Lipinski definition) is 1. The molecule has 0 saturated heterocycles. The molecule has 1 aliphatic carbocycles. The lowest BCUT2D eigenvalue weighted by atomic mass is 10.1. The van der Waals surface area contributed by atoms with E-state index in [9.17, 15) is 5.26 Å². The van der Waals surface area contributed by atoms with Crippen molar-refractivity contribution in [3.63, 3.8) is 0 Å². The lowest BCUT2D eigenvalue weighted by Crippen LogP contribution is -2.00. The Kier molecular flexibility index (Phi) is 3.22. The number of nitrogens with zero attached hydrogens (tertiary/aromatic N) is 2. The average Bonchev–Trinajstić information content (AvgIpc) is 2.85. The summed E-state index contributed by atoms with van der Waals surface area (Å²) in [4.78, 5) is 4.60. The van der Waals surface area contributed by atoms with Crippen LogP contribution >= 0.6 is 15.9 Å². The van der Waals surface area contributed by atoms with Crippen LogP contribution in [0.3, 0.4) is 0 Å². The first-order valence-electron chi connectivity index (χ1n) is 6.22. The van der Waals surface area contributed by atoms with Crippen LogP contribution in [0.25, 0.3) is 0 Å². The second-order valence-electron chi connectivity index (χ2n) is 4.59. The fourth-order valence-corrected chi connectivity index (χ4v) is 2.75. The molecule has 0 bridgehead atoms. The zero-order valence-electron chi connectivity index (χ0n) is 10.3. The standard InChI is InChI=1S/C15H12BrN3/c16-12-4-2-5-13(8-12)18-15-11(9-17)7-10-3-1-6-14(10)19-15/h2,4-5,7-8H,1,3,6H2,(H,18,19). The molecule has 0 atom stereocenters. The van der Waals surface area contributed by atoms with Crippen LogP contribution in [0.4, 0.5) is 11.5 Å². The number of aromatic nitrogens is 1. The number of nitriles is 1. The maximum Gasteiger partial charge on any atom is 0.148 e. The van der Waals surface area contributed by atoms with Crippen LogP contribution in [0, 0.1) is 11.3 Å². The molecule has 0 unspecified atom stereocenters. The number of hydrogen-bond acceptors (Lipinski definition) is 3. The normalized spacial score (nSPS) is 12.8. The quantitative estimate of drug-likeness (QED) is 0.913. The Balaban J connectivity index is 1.99. The first kappa shape index (κ1) is 12.2. The van der Waals surface area contributed by atoms with Gasteiger partial charge in [0.15, 0.2) is 0 Å². The van der Waals surface area contributed by atoms with Crippen molar-refractivity contribution in [2.24, 2.45) is 0 Å². The first-order chi connectivity index (χ1) is 9.26. The topological polar surface area (TPSA) is 48.7 Å². The van der Waals surface area contributed by atoms with Crippen LogP contribution in [-0.4, -0.2) is 4.98 Å². The molecule has 0 aliphatic heterocycles. The lowest BCUT2D eigenvalue weighted by molar-refractivity contribution is 0.900. The molecule has 1 aromatic carbocycles. The predicted molar refractivity (Wildman–Crippen MR) is 78.4 cm³/mol. The number of anilines is 2. The van der Waals surface area contributed by atoms with Crippen LogP contribution in [0.5, 0.6) is 0 Å². The summed E-state index contributed by atoms with van der Waals surface area (Å²) < 4.78 is 0.997. The van der Waals surface area contributed by atoms with Gasteiger partial charge < -0.3 is 5.32 Å². The summed E-state index contributed by atoms with van der Waals surface area (Å²) >= 11 is 3.44. The Morgan fingerprint density at radius 1 is 1.26 bits per heavy atom. The number of pyridine rings is 1. The van der Waals surface area contributed by atoms with E-state index in [0.29, 0.717) is 11.4 Å². The number of halogens is 1. The summed E-state index contributed by atoms with van der Waals surface area (Å²) in [5.74, 6) is 0.654. The van der Waals surface area contributed by atoms with Crippen LogP contribution in [-0.2, 0) is 12.8 Å². The zero-order chi connectivity index (χ0) is 13.2. The molecule has 1 aliphatic rings. The van der Waals surface area contributed by atoms with Gasteiger partial charge in [-0.3, -0.25) is 0 Å². The molecule has 94 valence electrons. The van der Waals surface area contributed by atoms with Gasteiger partial charge >= 0.3 is 0 Å². The number of aryl methyl sites for hydroxylation is 2. The minimum absolute atomic E-state index is 0.612. The van der Waals surface area contributed by atoms with Gasteiger partial charge in [-0.05, 0) is 49.1 Å². The molecule has 19 heavy (non-hydrogen) atoms. The minimum Gasteiger partial charge on any atom is -0.339 e.